The molecule has 138 valence electrons. The van der Waals surface area contributed by atoms with Crippen LogP contribution in [0.15, 0.2) is 47.4 Å². The zero-order valence-electron chi connectivity index (χ0n) is 14.6. The standard InChI is InChI=1S/C19H21ClN2O3S/c1-12(2)22-26(24,25)16-7-3-13(4-8-16)19(23)21-18-10-5-14-11-15(20)6-9-17(14)18/h3-4,6-9,11-12,18,22H,5,10H2,1-2H3,(H,21,23). The number of sulfonamides is 1. The molecule has 0 aromatic heterocycles. The van der Waals surface area contributed by atoms with Crippen molar-refractivity contribution in [1.82, 2.24) is 10.0 Å². The quantitative estimate of drug-likeness (QED) is 0.818. The highest BCUT2D eigenvalue weighted by molar-refractivity contribution is 7.89. The first-order valence-electron chi connectivity index (χ1n) is 8.48. The molecule has 2 N–H and O–H groups in total. The second kappa shape index (κ2) is 7.39. The molecule has 3 rings (SSSR count). The topological polar surface area (TPSA) is 75.3 Å². The van der Waals surface area contributed by atoms with Crippen LogP contribution in [0.3, 0.4) is 0 Å². The fourth-order valence-electron chi connectivity index (χ4n) is 3.14. The van der Waals surface area contributed by atoms with Gasteiger partial charge in [-0.05, 0) is 74.2 Å². The molecular weight excluding hydrogens is 372 g/mol. The Morgan fingerprint density at radius 1 is 1.15 bits per heavy atom. The van der Waals surface area contributed by atoms with E-state index in [1.807, 2.05) is 18.2 Å². The molecular formula is C19H21ClN2O3S. The van der Waals surface area contributed by atoms with Crippen molar-refractivity contribution in [1.29, 1.82) is 0 Å². The molecule has 2 aromatic rings. The minimum absolute atomic E-state index is 0.0548. The highest BCUT2D eigenvalue weighted by Gasteiger charge is 2.24. The van der Waals surface area contributed by atoms with Crippen molar-refractivity contribution in [3.8, 4) is 0 Å². The number of carbonyl (C=O) groups excluding carboxylic acids is 1. The van der Waals surface area contributed by atoms with Gasteiger partial charge in [0.25, 0.3) is 5.91 Å². The number of rotatable bonds is 5. The van der Waals surface area contributed by atoms with Gasteiger partial charge in [-0.25, -0.2) is 13.1 Å². The molecule has 0 radical (unpaired) electrons. The van der Waals surface area contributed by atoms with Gasteiger partial charge in [0.2, 0.25) is 10.0 Å². The fraction of sp³-hybridized carbons (Fsp3) is 0.316. The number of carbonyl (C=O) groups is 1. The SMILES string of the molecule is CC(C)NS(=O)(=O)c1ccc(C(=O)NC2CCc3cc(Cl)ccc32)cc1. The van der Waals surface area contributed by atoms with Gasteiger partial charge in [0.05, 0.1) is 10.9 Å². The molecule has 26 heavy (non-hydrogen) atoms. The molecule has 1 amide bonds. The average molecular weight is 393 g/mol. The van der Waals surface area contributed by atoms with E-state index in [1.54, 1.807) is 13.8 Å². The molecule has 0 heterocycles. The Labute approximate surface area is 158 Å². The Kier molecular flexibility index (Phi) is 5.37. The second-order valence-electron chi connectivity index (χ2n) is 6.71. The smallest absolute Gasteiger partial charge is 0.251 e. The van der Waals surface area contributed by atoms with Gasteiger partial charge >= 0.3 is 0 Å². The lowest BCUT2D eigenvalue weighted by Gasteiger charge is -2.15. The van der Waals surface area contributed by atoms with Crippen molar-refractivity contribution in [2.45, 2.75) is 43.7 Å². The van der Waals surface area contributed by atoms with Crippen LogP contribution >= 0.6 is 11.6 Å². The third-order valence-corrected chi connectivity index (χ3v) is 6.22. The molecule has 1 aliphatic rings. The first kappa shape index (κ1) is 18.9. The molecule has 1 aliphatic carbocycles. The number of hydrogen-bond acceptors (Lipinski definition) is 3. The predicted octanol–water partition coefficient (Wildman–Crippen LogP) is 3.44. The van der Waals surface area contributed by atoms with Crippen LogP contribution in [0.1, 0.15) is 47.8 Å². The molecule has 0 saturated carbocycles. The van der Waals surface area contributed by atoms with Crippen molar-refractivity contribution >= 4 is 27.5 Å². The Bertz CT molecular complexity index is 924. The van der Waals surface area contributed by atoms with E-state index in [0.717, 1.165) is 24.0 Å². The molecule has 7 heteroatoms. The van der Waals surface area contributed by atoms with Crippen LogP contribution in [0.5, 0.6) is 0 Å². The summed E-state index contributed by atoms with van der Waals surface area (Å²) in [6, 6.07) is 11.4. The van der Waals surface area contributed by atoms with Crippen molar-refractivity contribution in [3.63, 3.8) is 0 Å². The molecule has 1 unspecified atom stereocenters. The lowest BCUT2D eigenvalue weighted by atomic mass is 10.1. The van der Waals surface area contributed by atoms with Gasteiger partial charge in [-0.2, -0.15) is 0 Å². The minimum Gasteiger partial charge on any atom is -0.345 e. The number of nitrogens with one attached hydrogen (secondary N) is 2. The lowest BCUT2D eigenvalue weighted by Crippen LogP contribution is -2.30. The van der Waals surface area contributed by atoms with Crippen molar-refractivity contribution in [2.24, 2.45) is 0 Å². The fourth-order valence-corrected chi connectivity index (χ4v) is 4.59. The molecule has 5 nitrogen and oxygen atoms in total. The van der Waals surface area contributed by atoms with Gasteiger partial charge in [0.15, 0.2) is 0 Å². The van der Waals surface area contributed by atoms with Crippen LogP contribution in [0.2, 0.25) is 5.02 Å². The van der Waals surface area contributed by atoms with E-state index in [0.29, 0.717) is 10.6 Å². The van der Waals surface area contributed by atoms with E-state index in [2.05, 4.69) is 10.0 Å². The predicted molar refractivity (Wildman–Crippen MR) is 102 cm³/mol. The molecule has 0 aliphatic heterocycles. The van der Waals surface area contributed by atoms with Crippen LogP contribution < -0.4 is 10.0 Å². The largest absolute Gasteiger partial charge is 0.345 e. The molecule has 0 saturated heterocycles. The monoisotopic (exact) mass is 392 g/mol. The first-order valence-corrected chi connectivity index (χ1v) is 10.3. The summed E-state index contributed by atoms with van der Waals surface area (Å²) in [6.45, 7) is 3.51. The van der Waals surface area contributed by atoms with Gasteiger partial charge in [0, 0.05) is 16.6 Å². The summed E-state index contributed by atoms with van der Waals surface area (Å²) in [7, 11) is -3.56. The van der Waals surface area contributed by atoms with Crippen LogP contribution in [0.4, 0.5) is 0 Å². The maximum atomic E-state index is 12.5. The van der Waals surface area contributed by atoms with Crippen molar-refractivity contribution in [2.75, 3.05) is 0 Å². The van der Waals surface area contributed by atoms with Gasteiger partial charge in [0.1, 0.15) is 0 Å². The van der Waals surface area contributed by atoms with E-state index in [-0.39, 0.29) is 22.9 Å². The molecule has 2 aromatic carbocycles. The number of hydrogen-bond donors (Lipinski definition) is 2. The molecule has 0 bridgehead atoms. The zero-order chi connectivity index (χ0) is 18.9. The summed E-state index contributed by atoms with van der Waals surface area (Å²) < 4.78 is 26.8. The maximum Gasteiger partial charge on any atom is 0.251 e. The zero-order valence-corrected chi connectivity index (χ0v) is 16.2. The van der Waals surface area contributed by atoms with E-state index >= 15 is 0 Å². The summed E-state index contributed by atoms with van der Waals surface area (Å²) in [5, 5.41) is 3.71. The Morgan fingerprint density at radius 3 is 2.50 bits per heavy atom. The first-order chi connectivity index (χ1) is 12.3. The van der Waals surface area contributed by atoms with E-state index in [1.165, 1.54) is 24.3 Å². The summed E-state index contributed by atoms with van der Waals surface area (Å²) in [6.07, 6.45) is 1.70. The summed E-state index contributed by atoms with van der Waals surface area (Å²) >= 11 is 6.01. The molecule has 0 fully saturated rings. The highest BCUT2D eigenvalue weighted by Crippen LogP contribution is 2.33. The Morgan fingerprint density at radius 2 is 1.85 bits per heavy atom. The summed E-state index contributed by atoms with van der Waals surface area (Å²) in [5.41, 5.74) is 2.67. The van der Waals surface area contributed by atoms with Gasteiger partial charge in [-0.3, -0.25) is 4.79 Å². The average Bonchev–Trinajstić information content (AvgIpc) is 2.95. The molecule has 1 atom stereocenters. The van der Waals surface area contributed by atoms with Gasteiger partial charge < -0.3 is 5.32 Å². The summed E-state index contributed by atoms with van der Waals surface area (Å²) in [4.78, 5) is 12.7. The number of halogens is 1. The van der Waals surface area contributed by atoms with Gasteiger partial charge in [-0.1, -0.05) is 17.7 Å². The highest BCUT2D eigenvalue weighted by atomic mass is 35.5. The number of fused-ring (bicyclic) bond motifs is 1. The van der Waals surface area contributed by atoms with Crippen LogP contribution in [-0.2, 0) is 16.4 Å². The van der Waals surface area contributed by atoms with Crippen molar-refractivity contribution < 1.29 is 13.2 Å². The molecule has 0 spiro atoms. The van der Waals surface area contributed by atoms with Gasteiger partial charge in [-0.15, -0.1) is 0 Å². The van der Waals surface area contributed by atoms with E-state index < -0.39 is 10.0 Å². The Balaban J connectivity index is 1.72. The van der Waals surface area contributed by atoms with Crippen LogP contribution in [0, 0.1) is 0 Å². The normalized spacial score (nSPS) is 16.5. The van der Waals surface area contributed by atoms with Crippen LogP contribution in [0.25, 0.3) is 0 Å². The number of benzene rings is 2. The number of aryl methyl sites for hydroxylation is 1. The minimum atomic E-state index is -3.56. The van der Waals surface area contributed by atoms with E-state index in [9.17, 15) is 13.2 Å². The third-order valence-electron chi connectivity index (χ3n) is 4.31. The van der Waals surface area contributed by atoms with Crippen LogP contribution in [-0.4, -0.2) is 20.4 Å². The Hall–Kier alpha value is -1.89. The maximum absolute atomic E-state index is 12.5. The van der Waals surface area contributed by atoms with Crippen molar-refractivity contribution in [3.05, 3.63) is 64.2 Å². The third kappa shape index (κ3) is 4.09. The lowest BCUT2D eigenvalue weighted by molar-refractivity contribution is 0.0936. The number of amides is 1. The second-order valence-corrected chi connectivity index (χ2v) is 8.86. The summed E-state index contributed by atoms with van der Waals surface area (Å²) in [5.74, 6) is -0.224. The van der Waals surface area contributed by atoms with E-state index in [4.69, 9.17) is 11.6 Å².